The molecule has 0 saturated carbocycles. The summed E-state index contributed by atoms with van der Waals surface area (Å²) in [5.41, 5.74) is 0. The van der Waals surface area contributed by atoms with Gasteiger partial charge in [-0.2, -0.15) is 0 Å². The third-order valence-electron chi connectivity index (χ3n) is 12.7. The third-order valence-corrected chi connectivity index (χ3v) is 12.7. The summed E-state index contributed by atoms with van der Waals surface area (Å²) in [6.07, 6.45) is 75.8. The normalized spacial score (nSPS) is 12.7. The van der Waals surface area contributed by atoms with Gasteiger partial charge in [-0.25, -0.2) is 0 Å². The first-order valence-corrected chi connectivity index (χ1v) is 29.6. The lowest BCUT2D eigenvalue weighted by Gasteiger charge is -2.18. The van der Waals surface area contributed by atoms with Gasteiger partial charge in [-0.05, 0) is 77.0 Å². The standard InChI is InChI=1S/C64H110O6/c1-4-7-10-13-16-19-22-24-25-26-27-28-29-30-31-32-33-34-35-36-37-38-39-41-42-45-48-51-54-57-63(66)69-60-61(59-68-62(65)56-53-50-47-44-21-18-15-12-9-6-3)70-64(67)58-55-52-49-46-43-40-23-20-17-14-11-8-5-2/h7,10,16,19,24-25,27-28,30-31,33-34,36-37,61H,4-6,8-9,11-15,17-18,20-23,26,29,32,35,38-60H2,1-3H3/b10-7-,19-16-,25-24-,28-27-,31-30-,34-33-,37-36-. The van der Waals surface area contributed by atoms with Crippen molar-refractivity contribution in [3.63, 3.8) is 0 Å². The van der Waals surface area contributed by atoms with E-state index in [4.69, 9.17) is 14.2 Å². The lowest BCUT2D eigenvalue weighted by Crippen LogP contribution is -2.30. The minimum Gasteiger partial charge on any atom is -0.462 e. The molecule has 0 fully saturated rings. The van der Waals surface area contributed by atoms with Crippen molar-refractivity contribution in [3.8, 4) is 0 Å². The van der Waals surface area contributed by atoms with Crippen molar-refractivity contribution in [2.45, 2.75) is 290 Å². The van der Waals surface area contributed by atoms with E-state index in [2.05, 4.69) is 106 Å². The van der Waals surface area contributed by atoms with Gasteiger partial charge in [-0.3, -0.25) is 14.4 Å². The topological polar surface area (TPSA) is 78.9 Å². The number of carbonyl (C=O) groups is 3. The van der Waals surface area contributed by atoms with Crippen molar-refractivity contribution in [2.75, 3.05) is 13.2 Å². The van der Waals surface area contributed by atoms with Gasteiger partial charge in [0.2, 0.25) is 0 Å². The second-order valence-corrected chi connectivity index (χ2v) is 19.5. The first-order valence-electron chi connectivity index (χ1n) is 29.6. The maximum Gasteiger partial charge on any atom is 0.306 e. The van der Waals surface area contributed by atoms with E-state index < -0.39 is 6.10 Å². The highest BCUT2D eigenvalue weighted by molar-refractivity contribution is 5.71. The summed E-state index contributed by atoms with van der Waals surface area (Å²) in [6, 6.07) is 0. The number of hydrogen-bond acceptors (Lipinski definition) is 6. The fraction of sp³-hybridized carbons (Fsp3) is 0.734. The maximum absolute atomic E-state index is 12.8. The van der Waals surface area contributed by atoms with Crippen molar-refractivity contribution < 1.29 is 28.6 Å². The van der Waals surface area contributed by atoms with Crippen molar-refractivity contribution >= 4 is 17.9 Å². The molecule has 0 heterocycles. The fourth-order valence-electron chi connectivity index (χ4n) is 8.25. The van der Waals surface area contributed by atoms with Crippen molar-refractivity contribution in [1.29, 1.82) is 0 Å². The van der Waals surface area contributed by atoms with E-state index in [1.165, 1.54) is 135 Å². The second-order valence-electron chi connectivity index (χ2n) is 19.5. The van der Waals surface area contributed by atoms with Gasteiger partial charge in [0.25, 0.3) is 0 Å². The molecule has 0 aliphatic carbocycles. The Labute approximate surface area is 433 Å². The molecule has 0 amide bonds. The van der Waals surface area contributed by atoms with E-state index in [0.29, 0.717) is 19.3 Å². The fourth-order valence-corrected chi connectivity index (χ4v) is 8.25. The lowest BCUT2D eigenvalue weighted by molar-refractivity contribution is -0.167. The molecule has 0 aromatic carbocycles. The molecule has 0 aliphatic rings. The van der Waals surface area contributed by atoms with Crippen molar-refractivity contribution in [3.05, 3.63) is 85.1 Å². The first kappa shape index (κ1) is 66.6. The molecule has 0 aliphatic heterocycles. The molecular weight excluding hydrogens is 865 g/mol. The molecule has 0 bridgehead atoms. The minimum absolute atomic E-state index is 0.0759. The van der Waals surface area contributed by atoms with Crippen LogP contribution in [0, 0.1) is 0 Å². The Morgan fingerprint density at radius 3 is 0.871 bits per heavy atom. The Bertz CT molecular complexity index is 1350. The molecule has 0 aromatic heterocycles. The Morgan fingerprint density at radius 1 is 0.300 bits per heavy atom. The van der Waals surface area contributed by atoms with Gasteiger partial charge in [-0.1, -0.05) is 273 Å². The summed E-state index contributed by atoms with van der Waals surface area (Å²) in [5, 5.41) is 0. The predicted octanol–water partition coefficient (Wildman–Crippen LogP) is 19.9. The molecule has 0 saturated heterocycles. The summed E-state index contributed by atoms with van der Waals surface area (Å²) in [5.74, 6) is -0.881. The van der Waals surface area contributed by atoms with Crippen molar-refractivity contribution in [2.24, 2.45) is 0 Å². The predicted molar refractivity (Wildman–Crippen MR) is 302 cm³/mol. The monoisotopic (exact) mass is 975 g/mol. The van der Waals surface area contributed by atoms with Crippen LogP contribution < -0.4 is 0 Å². The molecular formula is C64H110O6. The van der Waals surface area contributed by atoms with E-state index in [-0.39, 0.29) is 31.1 Å². The molecule has 0 N–H and O–H groups in total. The highest BCUT2D eigenvalue weighted by Gasteiger charge is 2.19. The summed E-state index contributed by atoms with van der Waals surface area (Å²) in [6.45, 7) is 6.52. The smallest absolute Gasteiger partial charge is 0.306 e. The van der Waals surface area contributed by atoms with E-state index in [0.717, 1.165) is 109 Å². The van der Waals surface area contributed by atoms with Gasteiger partial charge >= 0.3 is 17.9 Å². The summed E-state index contributed by atoms with van der Waals surface area (Å²) in [7, 11) is 0. The number of allylic oxidation sites excluding steroid dienone is 14. The lowest BCUT2D eigenvalue weighted by atomic mass is 10.0. The molecule has 402 valence electrons. The third kappa shape index (κ3) is 55.5. The number of rotatable bonds is 53. The van der Waals surface area contributed by atoms with Gasteiger partial charge in [0.05, 0.1) is 0 Å². The Morgan fingerprint density at radius 2 is 0.557 bits per heavy atom. The molecule has 0 radical (unpaired) electrons. The molecule has 1 unspecified atom stereocenters. The maximum atomic E-state index is 12.8. The quantitative estimate of drug-likeness (QED) is 0.0261. The summed E-state index contributed by atoms with van der Waals surface area (Å²) in [4.78, 5) is 38.0. The average Bonchev–Trinajstić information content (AvgIpc) is 3.36. The number of hydrogen-bond donors (Lipinski definition) is 0. The van der Waals surface area contributed by atoms with Crippen LogP contribution in [-0.2, 0) is 28.6 Å². The summed E-state index contributed by atoms with van der Waals surface area (Å²) < 4.78 is 16.8. The van der Waals surface area contributed by atoms with Crippen LogP contribution in [0.3, 0.4) is 0 Å². The van der Waals surface area contributed by atoms with Gasteiger partial charge in [-0.15, -0.1) is 0 Å². The first-order chi connectivity index (χ1) is 34.5. The molecule has 0 rings (SSSR count). The van der Waals surface area contributed by atoms with Crippen LogP contribution in [0.15, 0.2) is 85.1 Å². The van der Waals surface area contributed by atoms with Crippen LogP contribution >= 0.6 is 0 Å². The number of esters is 3. The van der Waals surface area contributed by atoms with Crippen LogP contribution in [0.4, 0.5) is 0 Å². The molecule has 70 heavy (non-hydrogen) atoms. The zero-order valence-electron chi connectivity index (χ0n) is 46.0. The molecule has 6 nitrogen and oxygen atoms in total. The number of carbonyl (C=O) groups excluding carboxylic acids is 3. The Balaban J connectivity index is 4.23. The van der Waals surface area contributed by atoms with Crippen LogP contribution in [-0.4, -0.2) is 37.2 Å². The van der Waals surface area contributed by atoms with E-state index in [1.54, 1.807) is 0 Å². The van der Waals surface area contributed by atoms with Crippen LogP contribution in [0.2, 0.25) is 0 Å². The Kier molecular flexibility index (Phi) is 55.3. The second kappa shape index (κ2) is 58.2. The average molecular weight is 976 g/mol. The largest absolute Gasteiger partial charge is 0.462 e. The summed E-state index contributed by atoms with van der Waals surface area (Å²) >= 11 is 0. The highest BCUT2D eigenvalue weighted by Crippen LogP contribution is 2.16. The van der Waals surface area contributed by atoms with Gasteiger partial charge < -0.3 is 14.2 Å². The van der Waals surface area contributed by atoms with Crippen LogP contribution in [0.1, 0.15) is 284 Å². The number of unbranched alkanes of at least 4 members (excludes halogenated alkanes) is 28. The zero-order valence-corrected chi connectivity index (χ0v) is 46.0. The van der Waals surface area contributed by atoms with E-state index in [1.807, 2.05) is 0 Å². The molecule has 1 atom stereocenters. The number of ether oxygens (including phenoxy) is 3. The minimum atomic E-state index is -0.776. The highest BCUT2D eigenvalue weighted by atomic mass is 16.6. The van der Waals surface area contributed by atoms with Crippen LogP contribution in [0.25, 0.3) is 0 Å². The van der Waals surface area contributed by atoms with Crippen LogP contribution in [0.5, 0.6) is 0 Å². The molecule has 0 aromatic rings. The van der Waals surface area contributed by atoms with Gasteiger partial charge in [0, 0.05) is 19.3 Å². The zero-order chi connectivity index (χ0) is 50.7. The molecule has 6 heteroatoms. The van der Waals surface area contributed by atoms with E-state index in [9.17, 15) is 14.4 Å². The van der Waals surface area contributed by atoms with Gasteiger partial charge in [0.1, 0.15) is 13.2 Å². The van der Waals surface area contributed by atoms with Crippen molar-refractivity contribution in [1.82, 2.24) is 0 Å². The Hall–Kier alpha value is -3.41. The van der Waals surface area contributed by atoms with Gasteiger partial charge in [0.15, 0.2) is 6.10 Å². The van der Waals surface area contributed by atoms with E-state index >= 15 is 0 Å². The SMILES string of the molecule is CC/C=C\C/C=C\C/C=C\C/C=C\C/C=C\C/C=C\C/C=C\CCCCCCCCCC(=O)OCC(COC(=O)CCCCCCCCCCCC)OC(=O)CCCCCCCCCCCCCCC. The molecule has 0 spiro atoms.